The Morgan fingerprint density at radius 2 is 2.47 bits per heavy atom. The molecule has 78 valence electrons. The maximum Gasteiger partial charge on any atom is 0.305 e. The summed E-state index contributed by atoms with van der Waals surface area (Å²) in [6.45, 7) is 0. The summed E-state index contributed by atoms with van der Waals surface area (Å²) in [4.78, 5) is 18.4. The number of nitrogens with zero attached hydrogens (tertiary/aromatic N) is 1. The smallest absolute Gasteiger partial charge is 0.305 e. The summed E-state index contributed by atoms with van der Waals surface area (Å²) in [5.41, 5.74) is 2.93. The summed E-state index contributed by atoms with van der Waals surface area (Å²) in [6, 6.07) is 5.80. The first kappa shape index (κ1) is 9.71. The van der Waals surface area contributed by atoms with Gasteiger partial charge in [-0.3, -0.25) is 9.78 Å². The van der Waals surface area contributed by atoms with E-state index in [4.69, 9.17) is 0 Å². The van der Waals surface area contributed by atoms with Crippen LogP contribution in [-0.4, -0.2) is 23.0 Å². The standard InChI is InChI=1S/C11H12N2O2/c1-15-11(14)5-4-8-7-10-9(13-8)3-2-6-12-10/h2-3,6-7,13H,4-5H2,1H3. The Balaban J connectivity index is 2.12. The van der Waals surface area contributed by atoms with Crippen molar-refractivity contribution in [3.8, 4) is 0 Å². The minimum absolute atomic E-state index is 0.193. The number of aryl methyl sites for hydroxylation is 1. The van der Waals surface area contributed by atoms with Gasteiger partial charge in [0, 0.05) is 11.9 Å². The number of aromatic amines is 1. The predicted molar refractivity (Wildman–Crippen MR) is 56.4 cm³/mol. The van der Waals surface area contributed by atoms with Gasteiger partial charge in [-0.25, -0.2) is 0 Å². The summed E-state index contributed by atoms with van der Waals surface area (Å²) in [6.07, 6.45) is 2.80. The van der Waals surface area contributed by atoms with E-state index in [1.165, 1.54) is 7.11 Å². The molecular formula is C11H12N2O2. The minimum atomic E-state index is -0.193. The number of H-pyrrole nitrogens is 1. The van der Waals surface area contributed by atoms with Gasteiger partial charge >= 0.3 is 5.97 Å². The van der Waals surface area contributed by atoms with E-state index in [-0.39, 0.29) is 5.97 Å². The molecule has 0 unspecified atom stereocenters. The van der Waals surface area contributed by atoms with Crippen molar-refractivity contribution in [1.82, 2.24) is 9.97 Å². The highest BCUT2D eigenvalue weighted by Gasteiger charge is 2.04. The van der Waals surface area contributed by atoms with Crippen LogP contribution in [0.4, 0.5) is 0 Å². The minimum Gasteiger partial charge on any atom is -0.469 e. The zero-order valence-corrected chi connectivity index (χ0v) is 8.49. The van der Waals surface area contributed by atoms with Crippen molar-refractivity contribution in [2.45, 2.75) is 12.8 Å². The van der Waals surface area contributed by atoms with Crippen LogP contribution in [0.1, 0.15) is 12.1 Å². The average Bonchev–Trinajstić information content (AvgIpc) is 2.68. The molecule has 0 saturated carbocycles. The number of ether oxygens (including phenoxy) is 1. The zero-order valence-electron chi connectivity index (χ0n) is 8.49. The fourth-order valence-electron chi connectivity index (χ4n) is 1.49. The topological polar surface area (TPSA) is 55.0 Å². The van der Waals surface area contributed by atoms with E-state index in [0.29, 0.717) is 12.8 Å². The largest absolute Gasteiger partial charge is 0.469 e. The van der Waals surface area contributed by atoms with Gasteiger partial charge in [0.15, 0.2) is 0 Å². The van der Waals surface area contributed by atoms with E-state index in [0.717, 1.165) is 16.7 Å². The molecule has 4 heteroatoms. The highest BCUT2D eigenvalue weighted by atomic mass is 16.5. The molecule has 2 aromatic heterocycles. The van der Waals surface area contributed by atoms with Crippen LogP contribution in [0.3, 0.4) is 0 Å². The van der Waals surface area contributed by atoms with Gasteiger partial charge in [-0.2, -0.15) is 0 Å². The van der Waals surface area contributed by atoms with E-state index in [1.807, 2.05) is 18.2 Å². The second-order valence-electron chi connectivity index (χ2n) is 3.31. The first-order valence-corrected chi connectivity index (χ1v) is 4.79. The molecule has 0 radical (unpaired) electrons. The van der Waals surface area contributed by atoms with Crippen molar-refractivity contribution in [2.75, 3.05) is 7.11 Å². The molecule has 0 atom stereocenters. The van der Waals surface area contributed by atoms with Crippen molar-refractivity contribution in [2.24, 2.45) is 0 Å². The van der Waals surface area contributed by atoms with Gasteiger partial charge in [-0.15, -0.1) is 0 Å². The van der Waals surface area contributed by atoms with Gasteiger partial charge in [-0.05, 0) is 24.6 Å². The summed E-state index contributed by atoms with van der Waals surface area (Å²) in [7, 11) is 1.40. The maximum atomic E-state index is 10.9. The van der Waals surface area contributed by atoms with Crippen LogP contribution in [0.25, 0.3) is 11.0 Å². The number of carbonyl (C=O) groups is 1. The number of esters is 1. The first-order valence-electron chi connectivity index (χ1n) is 4.79. The van der Waals surface area contributed by atoms with Crippen LogP contribution in [-0.2, 0) is 16.0 Å². The van der Waals surface area contributed by atoms with Gasteiger partial charge in [0.05, 0.1) is 24.6 Å². The molecule has 2 aromatic rings. The lowest BCUT2D eigenvalue weighted by atomic mass is 10.2. The van der Waals surface area contributed by atoms with Crippen LogP contribution >= 0.6 is 0 Å². The Labute approximate surface area is 87.3 Å². The molecule has 2 heterocycles. The van der Waals surface area contributed by atoms with E-state index >= 15 is 0 Å². The molecule has 2 rings (SSSR count). The molecule has 0 aliphatic rings. The molecule has 0 amide bonds. The maximum absolute atomic E-state index is 10.9. The second-order valence-corrected chi connectivity index (χ2v) is 3.31. The molecule has 0 aromatic carbocycles. The summed E-state index contributed by atoms with van der Waals surface area (Å²) in [5.74, 6) is -0.193. The van der Waals surface area contributed by atoms with Gasteiger partial charge < -0.3 is 9.72 Å². The lowest BCUT2D eigenvalue weighted by Crippen LogP contribution is -2.01. The third-order valence-electron chi connectivity index (χ3n) is 2.27. The summed E-state index contributed by atoms with van der Waals surface area (Å²) in [5, 5.41) is 0. The van der Waals surface area contributed by atoms with Gasteiger partial charge in [-0.1, -0.05) is 0 Å². The number of fused-ring (bicyclic) bond motifs is 1. The first-order chi connectivity index (χ1) is 7.29. The van der Waals surface area contributed by atoms with E-state index < -0.39 is 0 Å². The lowest BCUT2D eigenvalue weighted by Gasteiger charge is -1.96. The summed E-state index contributed by atoms with van der Waals surface area (Å²) < 4.78 is 4.58. The number of rotatable bonds is 3. The predicted octanol–water partition coefficient (Wildman–Crippen LogP) is 1.67. The molecule has 4 nitrogen and oxygen atoms in total. The normalized spacial score (nSPS) is 10.5. The number of hydrogen-bond acceptors (Lipinski definition) is 3. The van der Waals surface area contributed by atoms with Crippen LogP contribution in [0.2, 0.25) is 0 Å². The van der Waals surface area contributed by atoms with Crippen molar-refractivity contribution < 1.29 is 9.53 Å². The Kier molecular flexibility index (Phi) is 2.67. The van der Waals surface area contributed by atoms with Crippen molar-refractivity contribution >= 4 is 17.0 Å². The molecule has 1 N–H and O–H groups in total. The summed E-state index contributed by atoms with van der Waals surface area (Å²) >= 11 is 0. The fraction of sp³-hybridized carbons (Fsp3) is 0.273. The number of methoxy groups -OCH3 is 1. The number of aromatic nitrogens is 2. The zero-order chi connectivity index (χ0) is 10.7. The van der Waals surface area contributed by atoms with E-state index in [9.17, 15) is 4.79 Å². The van der Waals surface area contributed by atoms with Crippen LogP contribution in [0, 0.1) is 0 Å². The average molecular weight is 204 g/mol. The molecule has 0 aliphatic carbocycles. The Morgan fingerprint density at radius 3 is 3.20 bits per heavy atom. The van der Waals surface area contributed by atoms with E-state index in [1.54, 1.807) is 6.20 Å². The number of pyridine rings is 1. The Bertz CT molecular complexity index is 443. The molecule has 0 fully saturated rings. The molecule has 15 heavy (non-hydrogen) atoms. The van der Waals surface area contributed by atoms with Crippen molar-refractivity contribution in [3.63, 3.8) is 0 Å². The van der Waals surface area contributed by atoms with Crippen molar-refractivity contribution in [1.29, 1.82) is 0 Å². The van der Waals surface area contributed by atoms with Gasteiger partial charge in [0.1, 0.15) is 0 Å². The highest BCUT2D eigenvalue weighted by molar-refractivity contribution is 5.76. The molecule has 0 spiro atoms. The molecule has 0 bridgehead atoms. The lowest BCUT2D eigenvalue weighted by molar-refractivity contribution is -0.140. The molecule has 0 aliphatic heterocycles. The van der Waals surface area contributed by atoms with Gasteiger partial charge in [0.25, 0.3) is 0 Å². The number of carbonyl (C=O) groups excluding carboxylic acids is 1. The monoisotopic (exact) mass is 204 g/mol. The quantitative estimate of drug-likeness (QED) is 0.774. The highest BCUT2D eigenvalue weighted by Crippen LogP contribution is 2.13. The molecular weight excluding hydrogens is 192 g/mol. The van der Waals surface area contributed by atoms with E-state index in [2.05, 4.69) is 14.7 Å². The second kappa shape index (κ2) is 4.13. The third kappa shape index (κ3) is 2.15. The van der Waals surface area contributed by atoms with Crippen LogP contribution in [0.5, 0.6) is 0 Å². The SMILES string of the molecule is COC(=O)CCc1cc2ncccc2[nH]1. The molecule has 0 saturated heterocycles. The number of nitrogens with one attached hydrogen (secondary N) is 1. The van der Waals surface area contributed by atoms with Crippen molar-refractivity contribution in [3.05, 3.63) is 30.1 Å². The van der Waals surface area contributed by atoms with Gasteiger partial charge in [0.2, 0.25) is 0 Å². The number of hydrogen-bond donors (Lipinski definition) is 1. The van der Waals surface area contributed by atoms with Crippen LogP contribution < -0.4 is 0 Å². The Hall–Kier alpha value is -1.84. The third-order valence-corrected chi connectivity index (χ3v) is 2.27. The Morgan fingerprint density at radius 1 is 1.60 bits per heavy atom. The fourth-order valence-corrected chi connectivity index (χ4v) is 1.49. The van der Waals surface area contributed by atoms with Crippen LogP contribution in [0.15, 0.2) is 24.4 Å².